The van der Waals surface area contributed by atoms with Crippen molar-refractivity contribution in [1.82, 2.24) is 15.6 Å². The number of hydrogen-bond donors (Lipinski definition) is 2. The molecule has 23 heavy (non-hydrogen) atoms. The fraction of sp³-hybridized carbons (Fsp3) is 0.538. The lowest BCUT2D eigenvalue weighted by atomic mass is 9.81. The van der Waals surface area contributed by atoms with E-state index in [0.29, 0.717) is 5.56 Å². The molecule has 0 radical (unpaired) electrons. The number of halogens is 5. The zero-order valence-corrected chi connectivity index (χ0v) is 11.7. The fourth-order valence-corrected chi connectivity index (χ4v) is 2.14. The Bertz CT molecular complexity index is 547. The summed E-state index contributed by atoms with van der Waals surface area (Å²) >= 11 is 0. The predicted octanol–water partition coefficient (Wildman–Crippen LogP) is 2.82. The van der Waals surface area contributed by atoms with E-state index in [4.69, 9.17) is 0 Å². The maximum Gasteiger partial charge on any atom is 0.574 e. The number of ether oxygens (including phenoxy) is 1. The molecule has 0 aliphatic heterocycles. The molecule has 1 aromatic heterocycles. The van der Waals surface area contributed by atoms with Gasteiger partial charge in [-0.2, -0.15) is 0 Å². The maximum absolute atomic E-state index is 12.3. The molecule has 10 heteroatoms. The summed E-state index contributed by atoms with van der Waals surface area (Å²) in [5.74, 6) is -1.32. The lowest BCUT2D eigenvalue weighted by Gasteiger charge is -2.35. The first-order valence-corrected chi connectivity index (χ1v) is 6.76. The Morgan fingerprint density at radius 3 is 2.70 bits per heavy atom. The number of hydrogen-bond acceptors (Lipinski definition) is 3. The summed E-state index contributed by atoms with van der Waals surface area (Å²) < 4.78 is 64.4. The van der Waals surface area contributed by atoms with E-state index < -0.39 is 30.6 Å². The Balaban J connectivity index is 1.75. The largest absolute Gasteiger partial charge is 0.574 e. The molecular formula is C13H14F5N3O2. The van der Waals surface area contributed by atoms with Crippen molar-refractivity contribution in [3.63, 3.8) is 0 Å². The Hall–Kier alpha value is -2.13. The highest BCUT2D eigenvalue weighted by Gasteiger charge is 2.36. The van der Waals surface area contributed by atoms with Gasteiger partial charge in [0.25, 0.3) is 0 Å². The third kappa shape index (κ3) is 5.53. The number of nitrogens with zero attached hydrogens (tertiary/aromatic N) is 1. The standard InChI is InChI=1S/C13H14F5N3O2/c14-11(15)8-4-9(5-8)21-12(22)20-6-7-1-2-19-10(3-7)23-13(16,17)18/h1-3,8-9,11H,4-6H2,(H2,20,21,22). The molecule has 0 aromatic carbocycles. The van der Waals surface area contributed by atoms with E-state index in [1.807, 2.05) is 0 Å². The van der Waals surface area contributed by atoms with Crippen LogP contribution in [0.4, 0.5) is 26.7 Å². The number of rotatable bonds is 5. The number of carbonyl (C=O) groups is 1. The maximum atomic E-state index is 12.3. The molecular weight excluding hydrogens is 325 g/mol. The zero-order valence-electron chi connectivity index (χ0n) is 11.7. The van der Waals surface area contributed by atoms with Crippen LogP contribution in [0.5, 0.6) is 5.88 Å². The summed E-state index contributed by atoms with van der Waals surface area (Å²) in [4.78, 5) is 15.0. The molecule has 1 aliphatic carbocycles. The van der Waals surface area contributed by atoms with Crippen molar-refractivity contribution in [2.75, 3.05) is 0 Å². The monoisotopic (exact) mass is 339 g/mol. The van der Waals surface area contributed by atoms with E-state index in [2.05, 4.69) is 20.4 Å². The van der Waals surface area contributed by atoms with Gasteiger partial charge in [0.2, 0.25) is 12.3 Å². The van der Waals surface area contributed by atoms with Crippen LogP contribution in [0.3, 0.4) is 0 Å². The highest BCUT2D eigenvalue weighted by molar-refractivity contribution is 5.74. The first-order valence-electron chi connectivity index (χ1n) is 6.76. The highest BCUT2D eigenvalue weighted by atomic mass is 19.4. The third-order valence-corrected chi connectivity index (χ3v) is 3.34. The van der Waals surface area contributed by atoms with E-state index in [9.17, 15) is 26.7 Å². The Morgan fingerprint density at radius 1 is 1.39 bits per heavy atom. The smallest absolute Gasteiger partial charge is 0.388 e. The average molecular weight is 339 g/mol. The molecule has 2 N–H and O–H groups in total. The summed E-state index contributed by atoms with van der Waals surface area (Å²) in [6.07, 6.45) is -5.69. The van der Waals surface area contributed by atoms with Crippen molar-refractivity contribution >= 4 is 6.03 Å². The first-order chi connectivity index (χ1) is 10.7. The molecule has 0 unspecified atom stereocenters. The molecule has 1 heterocycles. The molecule has 1 aromatic rings. The van der Waals surface area contributed by atoms with Crippen molar-refractivity contribution in [2.45, 2.75) is 38.2 Å². The van der Waals surface area contributed by atoms with E-state index in [-0.39, 0.29) is 25.4 Å². The van der Waals surface area contributed by atoms with Crippen LogP contribution in [0, 0.1) is 5.92 Å². The number of pyridine rings is 1. The van der Waals surface area contributed by atoms with Crippen LogP contribution >= 0.6 is 0 Å². The van der Waals surface area contributed by atoms with Gasteiger partial charge in [0, 0.05) is 30.8 Å². The Labute approximate surface area is 128 Å². The van der Waals surface area contributed by atoms with E-state index in [1.54, 1.807) is 0 Å². The molecule has 0 saturated heterocycles. The Kier molecular flexibility index (Phi) is 5.22. The second kappa shape index (κ2) is 6.97. The molecule has 0 atom stereocenters. The van der Waals surface area contributed by atoms with Gasteiger partial charge in [-0.3, -0.25) is 0 Å². The number of carbonyl (C=O) groups excluding carboxylic acids is 1. The molecule has 2 amide bonds. The van der Waals surface area contributed by atoms with Crippen molar-refractivity contribution in [1.29, 1.82) is 0 Å². The van der Waals surface area contributed by atoms with E-state index >= 15 is 0 Å². The lowest BCUT2D eigenvalue weighted by molar-refractivity contribution is -0.276. The molecule has 0 bridgehead atoms. The van der Waals surface area contributed by atoms with Gasteiger partial charge in [-0.25, -0.2) is 18.6 Å². The van der Waals surface area contributed by atoms with Crippen molar-refractivity contribution in [3.05, 3.63) is 23.9 Å². The Morgan fingerprint density at radius 2 is 2.09 bits per heavy atom. The normalized spacial score (nSPS) is 20.8. The van der Waals surface area contributed by atoms with Gasteiger partial charge in [0.1, 0.15) is 0 Å². The van der Waals surface area contributed by atoms with Crippen LogP contribution in [-0.2, 0) is 6.54 Å². The van der Waals surface area contributed by atoms with Gasteiger partial charge in [-0.05, 0) is 24.5 Å². The van der Waals surface area contributed by atoms with Gasteiger partial charge in [-0.15, -0.1) is 13.2 Å². The molecule has 2 rings (SSSR count). The minimum absolute atomic E-state index is 0.0480. The van der Waals surface area contributed by atoms with Gasteiger partial charge < -0.3 is 15.4 Å². The van der Waals surface area contributed by atoms with Crippen LogP contribution in [0.1, 0.15) is 18.4 Å². The summed E-state index contributed by atoms with van der Waals surface area (Å²) in [6, 6.07) is 1.58. The molecule has 128 valence electrons. The molecule has 1 aliphatic rings. The molecule has 5 nitrogen and oxygen atoms in total. The molecule has 1 fully saturated rings. The number of alkyl halides is 5. The molecule has 1 saturated carbocycles. The van der Waals surface area contributed by atoms with Crippen LogP contribution in [0.15, 0.2) is 18.3 Å². The van der Waals surface area contributed by atoms with Gasteiger partial charge in [0.15, 0.2) is 0 Å². The zero-order chi connectivity index (χ0) is 17.0. The minimum atomic E-state index is -4.85. The quantitative estimate of drug-likeness (QED) is 0.811. The van der Waals surface area contributed by atoms with Crippen molar-refractivity contribution < 1.29 is 31.5 Å². The first kappa shape index (κ1) is 17.2. The van der Waals surface area contributed by atoms with Crippen LogP contribution in [0.2, 0.25) is 0 Å². The number of nitrogens with one attached hydrogen (secondary N) is 2. The second-order valence-corrected chi connectivity index (χ2v) is 5.14. The molecule has 0 spiro atoms. The van der Waals surface area contributed by atoms with Gasteiger partial charge >= 0.3 is 12.4 Å². The summed E-state index contributed by atoms with van der Waals surface area (Å²) in [5.41, 5.74) is 0.355. The van der Waals surface area contributed by atoms with E-state index in [1.165, 1.54) is 6.07 Å². The summed E-state index contributed by atoms with van der Waals surface area (Å²) in [6.45, 7) is -0.0480. The van der Waals surface area contributed by atoms with Crippen molar-refractivity contribution in [2.24, 2.45) is 5.92 Å². The van der Waals surface area contributed by atoms with Crippen LogP contribution in [0.25, 0.3) is 0 Å². The van der Waals surface area contributed by atoms with Crippen LogP contribution in [-0.4, -0.2) is 29.8 Å². The highest BCUT2D eigenvalue weighted by Crippen LogP contribution is 2.32. The third-order valence-electron chi connectivity index (χ3n) is 3.34. The number of aromatic nitrogens is 1. The van der Waals surface area contributed by atoms with Gasteiger partial charge in [0.05, 0.1) is 0 Å². The lowest BCUT2D eigenvalue weighted by Crippen LogP contribution is -2.49. The summed E-state index contributed by atoms with van der Waals surface area (Å²) in [5, 5.41) is 4.94. The summed E-state index contributed by atoms with van der Waals surface area (Å²) in [7, 11) is 0. The fourth-order valence-electron chi connectivity index (χ4n) is 2.14. The SMILES string of the molecule is O=C(NCc1ccnc(OC(F)(F)F)c1)NC1CC(C(F)F)C1. The topological polar surface area (TPSA) is 63.2 Å². The van der Waals surface area contributed by atoms with E-state index in [0.717, 1.165) is 12.3 Å². The minimum Gasteiger partial charge on any atom is -0.388 e. The van der Waals surface area contributed by atoms with Gasteiger partial charge in [-0.1, -0.05) is 0 Å². The van der Waals surface area contributed by atoms with Crippen molar-refractivity contribution in [3.8, 4) is 5.88 Å². The number of amides is 2. The average Bonchev–Trinajstić information content (AvgIpc) is 2.38. The number of urea groups is 1. The second-order valence-electron chi connectivity index (χ2n) is 5.14. The van der Waals surface area contributed by atoms with Crippen LogP contribution < -0.4 is 15.4 Å². The predicted molar refractivity (Wildman–Crippen MR) is 68.8 cm³/mol.